The predicted molar refractivity (Wildman–Crippen MR) is 81.8 cm³/mol. The van der Waals surface area contributed by atoms with E-state index in [1.807, 2.05) is 27.7 Å². The Morgan fingerprint density at radius 3 is 2.43 bits per heavy atom. The number of carbonyl (C=O) groups excluding carboxylic acids is 2. The van der Waals surface area contributed by atoms with Gasteiger partial charge in [0.1, 0.15) is 5.69 Å². The van der Waals surface area contributed by atoms with E-state index in [0.717, 1.165) is 0 Å². The first-order chi connectivity index (χ1) is 9.65. The Hall–Kier alpha value is -2.05. The van der Waals surface area contributed by atoms with Crippen molar-refractivity contribution < 1.29 is 9.59 Å². The van der Waals surface area contributed by atoms with Gasteiger partial charge in [-0.05, 0) is 27.2 Å². The maximum atomic E-state index is 12.1. The molecule has 1 aromatic heterocycles. The van der Waals surface area contributed by atoms with E-state index in [0.29, 0.717) is 23.5 Å². The Morgan fingerprint density at radius 2 is 1.95 bits per heavy atom. The molecule has 0 unspecified atom stereocenters. The number of amides is 2. The summed E-state index contributed by atoms with van der Waals surface area (Å²) >= 11 is 0. The standard InChI is InChI=1S/C14H25N5O2/c1-6-9-11(15)12(19(5)18-9)13(21)16-8-7-10(20)17-14(2,3)4/h6-8,15H2,1-5H3,(H,16,21)(H,17,20). The fourth-order valence-electron chi connectivity index (χ4n) is 1.98. The topological polar surface area (TPSA) is 102 Å². The summed E-state index contributed by atoms with van der Waals surface area (Å²) < 4.78 is 1.47. The summed E-state index contributed by atoms with van der Waals surface area (Å²) in [7, 11) is 1.68. The van der Waals surface area contributed by atoms with Crippen molar-refractivity contribution in [2.24, 2.45) is 7.05 Å². The van der Waals surface area contributed by atoms with Crippen molar-refractivity contribution in [3.63, 3.8) is 0 Å². The highest BCUT2D eigenvalue weighted by atomic mass is 16.2. The monoisotopic (exact) mass is 295 g/mol. The maximum Gasteiger partial charge on any atom is 0.271 e. The first-order valence-electron chi connectivity index (χ1n) is 7.06. The van der Waals surface area contributed by atoms with Gasteiger partial charge in [-0.25, -0.2) is 0 Å². The summed E-state index contributed by atoms with van der Waals surface area (Å²) in [6.45, 7) is 7.91. The number of nitrogens with zero attached hydrogens (tertiary/aromatic N) is 2. The van der Waals surface area contributed by atoms with Gasteiger partial charge in [-0.1, -0.05) is 6.92 Å². The molecule has 1 rings (SSSR count). The van der Waals surface area contributed by atoms with Gasteiger partial charge in [0.15, 0.2) is 0 Å². The Kier molecular flexibility index (Phi) is 5.34. The predicted octanol–water partition coefficient (Wildman–Crippen LogP) is 0.599. The summed E-state index contributed by atoms with van der Waals surface area (Å²) in [5.41, 5.74) is 7.07. The first-order valence-corrected chi connectivity index (χ1v) is 7.06. The molecule has 1 heterocycles. The second-order valence-corrected chi connectivity index (χ2v) is 5.99. The summed E-state index contributed by atoms with van der Waals surface area (Å²) in [4.78, 5) is 23.8. The van der Waals surface area contributed by atoms with Crippen molar-refractivity contribution in [3.8, 4) is 0 Å². The molecule has 21 heavy (non-hydrogen) atoms. The lowest BCUT2D eigenvalue weighted by molar-refractivity contribution is -0.122. The number of aryl methyl sites for hydroxylation is 2. The van der Waals surface area contributed by atoms with Crippen LogP contribution in [-0.4, -0.2) is 33.7 Å². The van der Waals surface area contributed by atoms with Gasteiger partial charge in [0.2, 0.25) is 5.91 Å². The van der Waals surface area contributed by atoms with Gasteiger partial charge >= 0.3 is 0 Å². The highest BCUT2D eigenvalue weighted by Gasteiger charge is 2.19. The minimum Gasteiger partial charge on any atom is -0.395 e. The molecule has 0 aliphatic carbocycles. The molecule has 0 spiro atoms. The van der Waals surface area contributed by atoms with Crippen LogP contribution in [0.2, 0.25) is 0 Å². The normalized spacial score (nSPS) is 11.3. The van der Waals surface area contributed by atoms with Crippen molar-refractivity contribution >= 4 is 17.5 Å². The van der Waals surface area contributed by atoms with E-state index >= 15 is 0 Å². The van der Waals surface area contributed by atoms with Crippen LogP contribution >= 0.6 is 0 Å². The van der Waals surface area contributed by atoms with Gasteiger partial charge in [0, 0.05) is 25.6 Å². The zero-order chi connectivity index (χ0) is 16.2. The van der Waals surface area contributed by atoms with E-state index < -0.39 is 0 Å². The fraction of sp³-hybridized carbons (Fsp3) is 0.643. The van der Waals surface area contributed by atoms with Crippen LogP contribution in [0.3, 0.4) is 0 Å². The molecule has 118 valence electrons. The lowest BCUT2D eigenvalue weighted by Crippen LogP contribution is -2.42. The molecule has 0 aromatic carbocycles. The van der Waals surface area contributed by atoms with Gasteiger partial charge < -0.3 is 16.4 Å². The number of rotatable bonds is 5. The molecular weight excluding hydrogens is 270 g/mol. The molecular formula is C14H25N5O2. The Balaban J connectivity index is 2.56. The smallest absolute Gasteiger partial charge is 0.271 e. The Labute approximate surface area is 125 Å². The lowest BCUT2D eigenvalue weighted by atomic mass is 10.1. The summed E-state index contributed by atoms with van der Waals surface area (Å²) in [6.07, 6.45) is 0.891. The number of nitrogens with one attached hydrogen (secondary N) is 2. The Bertz CT molecular complexity index is 528. The molecule has 0 atom stereocenters. The lowest BCUT2D eigenvalue weighted by Gasteiger charge is -2.20. The van der Waals surface area contributed by atoms with Crippen molar-refractivity contribution in [1.29, 1.82) is 0 Å². The van der Waals surface area contributed by atoms with Crippen LogP contribution in [0.25, 0.3) is 0 Å². The van der Waals surface area contributed by atoms with E-state index in [4.69, 9.17) is 5.73 Å². The molecule has 0 radical (unpaired) electrons. The maximum absolute atomic E-state index is 12.1. The number of hydrogen-bond donors (Lipinski definition) is 3. The van der Waals surface area contributed by atoms with E-state index in [-0.39, 0.29) is 30.3 Å². The van der Waals surface area contributed by atoms with Gasteiger partial charge in [-0.3, -0.25) is 14.3 Å². The zero-order valence-electron chi connectivity index (χ0n) is 13.4. The highest BCUT2D eigenvalue weighted by Crippen LogP contribution is 2.16. The molecule has 0 saturated carbocycles. The van der Waals surface area contributed by atoms with Crippen molar-refractivity contribution in [2.45, 2.75) is 46.1 Å². The van der Waals surface area contributed by atoms with Crippen LogP contribution in [0.1, 0.15) is 50.3 Å². The molecule has 0 saturated heterocycles. The third kappa shape index (κ3) is 4.77. The number of carbonyl (C=O) groups is 2. The molecule has 7 nitrogen and oxygen atoms in total. The quantitative estimate of drug-likeness (QED) is 0.740. The van der Waals surface area contributed by atoms with Crippen LogP contribution in [0, 0.1) is 0 Å². The minimum absolute atomic E-state index is 0.102. The number of nitrogens with two attached hydrogens (primary N) is 1. The second kappa shape index (κ2) is 6.60. The van der Waals surface area contributed by atoms with E-state index in [2.05, 4.69) is 15.7 Å². The molecule has 0 aliphatic rings. The van der Waals surface area contributed by atoms with Crippen molar-refractivity contribution in [2.75, 3.05) is 12.3 Å². The average Bonchev–Trinajstić information content (AvgIpc) is 2.61. The molecule has 0 bridgehead atoms. The van der Waals surface area contributed by atoms with E-state index in [1.54, 1.807) is 7.05 Å². The molecule has 4 N–H and O–H groups in total. The van der Waals surface area contributed by atoms with Gasteiger partial charge in [-0.2, -0.15) is 5.10 Å². The highest BCUT2D eigenvalue weighted by molar-refractivity contribution is 5.98. The summed E-state index contributed by atoms with van der Waals surface area (Å²) in [5, 5.41) is 9.72. The molecule has 1 aromatic rings. The number of nitrogen functional groups attached to an aromatic ring is 1. The van der Waals surface area contributed by atoms with Crippen LogP contribution in [0.15, 0.2) is 0 Å². The number of hydrogen-bond acceptors (Lipinski definition) is 4. The summed E-state index contributed by atoms with van der Waals surface area (Å²) in [5.74, 6) is -0.416. The first kappa shape index (κ1) is 17.0. The third-order valence-electron chi connectivity index (χ3n) is 2.86. The molecule has 7 heteroatoms. The molecule has 2 amide bonds. The Morgan fingerprint density at radius 1 is 1.33 bits per heavy atom. The molecule has 0 fully saturated rings. The number of anilines is 1. The minimum atomic E-state index is -0.314. The number of aromatic nitrogens is 2. The van der Waals surface area contributed by atoms with E-state index in [1.165, 1.54) is 4.68 Å². The zero-order valence-corrected chi connectivity index (χ0v) is 13.4. The third-order valence-corrected chi connectivity index (χ3v) is 2.86. The van der Waals surface area contributed by atoms with Gasteiger partial charge in [0.25, 0.3) is 5.91 Å². The SMILES string of the molecule is CCc1nn(C)c(C(=O)NCCC(=O)NC(C)(C)C)c1N. The van der Waals surface area contributed by atoms with Crippen LogP contribution in [-0.2, 0) is 18.3 Å². The fourth-order valence-corrected chi connectivity index (χ4v) is 1.98. The van der Waals surface area contributed by atoms with Crippen LogP contribution < -0.4 is 16.4 Å². The van der Waals surface area contributed by atoms with Gasteiger partial charge in [-0.15, -0.1) is 0 Å². The van der Waals surface area contributed by atoms with Crippen LogP contribution in [0.4, 0.5) is 5.69 Å². The summed E-state index contributed by atoms with van der Waals surface area (Å²) in [6, 6.07) is 0. The second-order valence-electron chi connectivity index (χ2n) is 5.99. The molecule has 0 aliphatic heterocycles. The van der Waals surface area contributed by atoms with Crippen molar-refractivity contribution in [1.82, 2.24) is 20.4 Å². The van der Waals surface area contributed by atoms with E-state index in [9.17, 15) is 9.59 Å². The largest absolute Gasteiger partial charge is 0.395 e. The average molecular weight is 295 g/mol. The van der Waals surface area contributed by atoms with Crippen LogP contribution in [0.5, 0.6) is 0 Å². The van der Waals surface area contributed by atoms with Crippen molar-refractivity contribution in [3.05, 3.63) is 11.4 Å². The van der Waals surface area contributed by atoms with Gasteiger partial charge in [0.05, 0.1) is 11.4 Å².